The van der Waals surface area contributed by atoms with E-state index in [0.29, 0.717) is 6.54 Å². The van der Waals surface area contributed by atoms with Crippen LogP contribution < -0.4 is 10.2 Å². The first-order chi connectivity index (χ1) is 9.67. The SMILES string of the molecule is CCNc1ncnc(N(CC)c2cccc(F)c2)c1C. The van der Waals surface area contributed by atoms with E-state index in [1.165, 1.54) is 18.5 Å². The van der Waals surface area contributed by atoms with Gasteiger partial charge in [-0.2, -0.15) is 0 Å². The Balaban J connectivity index is 2.44. The van der Waals surface area contributed by atoms with Crippen LogP contribution in [0.1, 0.15) is 19.4 Å². The van der Waals surface area contributed by atoms with Gasteiger partial charge in [-0.25, -0.2) is 14.4 Å². The van der Waals surface area contributed by atoms with Gasteiger partial charge < -0.3 is 10.2 Å². The minimum Gasteiger partial charge on any atom is -0.370 e. The van der Waals surface area contributed by atoms with Crippen molar-refractivity contribution in [3.63, 3.8) is 0 Å². The molecule has 1 aromatic heterocycles. The van der Waals surface area contributed by atoms with E-state index in [2.05, 4.69) is 15.3 Å². The van der Waals surface area contributed by atoms with Gasteiger partial charge in [-0.1, -0.05) is 6.07 Å². The normalized spacial score (nSPS) is 10.4. The second kappa shape index (κ2) is 6.32. The summed E-state index contributed by atoms with van der Waals surface area (Å²) in [6, 6.07) is 6.53. The molecule has 0 radical (unpaired) electrons. The first-order valence-corrected chi connectivity index (χ1v) is 6.76. The third-order valence-corrected chi connectivity index (χ3v) is 3.09. The van der Waals surface area contributed by atoms with Crippen LogP contribution in [0.3, 0.4) is 0 Å². The summed E-state index contributed by atoms with van der Waals surface area (Å²) in [5.74, 6) is 1.36. The van der Waals surface area contributed by atoms with Gasteiger partial charge in [-0.05, 0) is 39.0 Å². The van der Waals surface area contributed by atoms with Gasteiger partial charge in [0, 0.05) is 24.3 Å². The van der Waals surface area contributed by atoms with Crippen LogP contribution in [0.5, 0.6) is 0 Å². The van der Waals surface area contributed by atoms with Crippen LogP contribution in [-0.2, 0) is 0 Å². The van der Waals surface area contributed by atoms with Crippen molar-refractivity contribution >= 4 is 17.3 Å². The average Bonchev–Trinajstić information content (AvgIpc) is 2.44. The number of anilines is 3. The lowest BCUT2D eigenvalue weighted by Gasteiger charge is -2.24. The third-order valence-electron chi connectivity index (χ3n) is 3.09. The second-order valence-electron chi connectivity index (χ2n) is 4.43. The number of hydrogen-bond acceptors (Lipinski definition) is 4. The molecule has 0 aliphatic rings. The Labute approximate surface area is 118 Å². The van der Waals surface area contributed by atoms with Crippen molar-refractivity contribution in [1.82, 2.24) is 9.97 Å². The molecule has 2 aromatic rings. The van der Waals surface area contributed by atoms with Crippen LogP contribution in [0.4, 0.5) is 21.7 Å². The predicted molar refractivity (Wildman–Crippen MR) is 80.0 cm³/mol. The van der Waals surface area contributed by atoms with Gasteiger partial charge in [0.1, 0.15) is 23.8 Å². The van der Waals surface area contributed by atoms with Crippen molar-refractivity contribution < 1.29 is 4.39 Å². The molecular formula is C15H19FN4. The molecule has 0 amide bonds. The van der Waals surface area contributed by atoms with Crippen molar-refractivity contribution in [2.45, 2.75) is 20.8 Å². The maximum absolute atomic E-state index is 13.4. The highest BCUT2D eigenvalue weighted by atomic mass is 19.1. The predicted octanol–water partition coefficient (Wildman–Crippen LogP) is 3.51. The zero-order valence-corrected chi connectivity index (χ0v) is 12.0. The molecule has 2 rings (SSSR count). The van der Waals surface area contributed by atoms with Crippen molar-refractivity contribution in [1.29, 1.82) is 0 Å². The average molecular weight is 274 g/mol. The Morgan fingerprint density at radius 2 is 2.05 bits per heavy atom. The molecule has 20 heavy (non-hydrogen) atoms. The molecule has 0 saturated carbocycles. The van der Waals surface area contributed by atoms with E-state index in [4.69, 9.17) is 0 Å². The Kier molecular flexibility index (Phi) is 4.50. The zero-order chi connectivity index (χ0) is 14.5. The molecule has 106 valence electrons. The van der Waals surface area contributed by atoms with Gasteiger partial charge in [0.2, 0.25) is 0 Å². The summed E-state index contributed by atoms with van der Waals surface area (Å²) in [6.07, 6.45) is 1.53. The Morgan fingerprint density at radius 3 is 2.70 bits per heavy atom. The largest absolute Gasteiger partial charge is 0.370 e. The fourth-order valence-corrected chi connectivity index (χ4v) is 2.16. The fraction of sp³-hybridized carbons (Fsp3) is 0.333. The van der Waals surface area contributed by atoms with Crippen LogP contribution in [0.25, 0.3) is 0 Å². The van der Waals surface area contributed by atoms with E-state index in [-0.39, 0.29) is 5.82 Å². The highest BCUT2D eigenvalue weighted by Crippen LogP contribution is 2.28. The lowest BCUT2D eigenvalue weighted by Crippen LogP contribution is -2.19. The molecule has 0 unspecified atom stereocenters. The van der Waals surface area contributed by atoms with E-state index in [1.54, 1.807) is 6.07 Å². The van der Waals surface area contributed by atoms with Crippen LogP contribution in [0, 0.1) is 12.7 Å². The van der Waals surface area contributed by atoms with E-state index in [9.17, 15) is 4.39 Å². The summed E-state index contributed by atoms with van der Waals surface area (Å²) in [4.78, 5) is 10.6. The molecule has 1 N–H and O–H groups in total. The molecule has 0 aliphatic heterocycles. The lowest BCUT2D eigenvalue weighted by molar-refractivity contribution is 0.627. The molecule has 0 aliphatic carbocycles. The molecule has 4 nitrogen and oxygen atoms in total. The van der Waals surface area contributed by atoms with Crippen LogP contribution in [0.15, 0.2) is 30.6 Å². The van der Waals surface area contributed by atoms with Gasteiger partial charge in [0.15, 0.2) is 0 Å². The number of aromatic nitrogens is 2. The first kappa shape index (κ1) is 14.2. The minimum atomic E-state index is -0.250. The summed E-state index contributed by atoms with van der Waals surface area (Å²) in [7, 11) is 0. The number of rotatable bonds is 5. The number of benzene rings is 1. The molecule has 0 spiro atoms. The van der Waals surface area contributed by atoms with Gasteiger partial charge in [0.25, 0.3) is 0 Å². The monoisotopic (exact) mass is 274 g/mol. The molecule has 0 bridgehead atoms. The van der Waals surface area contributed by atoms with Gasteiger partial charge in [0.05, 0.1) is 0 Å². The molecule has 0 fully saturated rings. The maximum Gasteiger partial charge on any atom is 0.141 e. The van der Waals surface area contributed by atoms with Gasteiger partial charge in [-0.3, -0.25) is 0 Å². The number of nitrogens with one attached hydrogen (secondary N) is 1. The second-order valence-corrected chi connectivity index (χ2v) is 4.43. The molecule has 0 saturated heterocycles. The van der Waals surface area contributed by atoms with Crippen LogP contribution in [0.2, 0.25) is 0 Å². The van der Waals surface area contributed by atoms with Crippen molar-refractivity contribution in [3.8, 4) is 0 Å². The van der Waals surface area contributed by atoms with Crippen LogP contribution >= 0.6 is 0 Å². The highest BCUT2D eigenvalue weighted by molar-refractivity contribution is 5.66. The Morgan fingerprint density at radius 1 is 1.25 bits per heavy atom. The Hall–Kier alpha value is -2.17. The summed E-state index contributed by atoms with van der Waals surface area (Å²) in [5.41, 5.74) is 1.75. The lowest BCUT2D eigenvalue weighted by atomic mass is 10.2. The van der Waals surface area contributed by atoms with Crippen molar-refractivity contribution in [3.05, 3.63) is 42.0 Å². The summed E-state index contributed by atoms with van der Waals surface area (Å²) >= 11 is 0. The third kappa shape index (κ3) is 2.87. The number of hydrogen-bond donors (Lipinski definition) is 1. The van der Waals surface area contributed by atoms with Crippen molar-refractivity contribution in [2.75, 3.05) is 23.3 Å². The van der Waals surface area contributed by atoms with Gasteiger partial charge >= 0.3 is 0 Å². The zero-order valence-electron chi connectivity index (χ0n) is 12.0. The molecular weight excluding hydrogens is 255 g/mol. The number of halogens is 1. The van der Waals surface area contributed by atoms with Crippen LogP contribution in [-0.4, -0.2) is 23.1 Å². The first-order valence-electron chi connectivity index (χ1n) is 6.76. The summed E-state index contributed by atoms with van der Waals surface area (Å²) in [6.45, 7) is 7.50. The van der Waals surface area contributed by atoms with E-state index in [1.807, 2.05) is 31.7 Å². The smallest absolute Gasteiger partial charge is 0.141 e. The molecule has 1 aromatic carbocycles. The quantitative estimate of drug-likeness (QED) is 0.905. The molecule has 5 heteroatoms. The fourth-order valence-electron chi connectivity index (χ4n) is 2.16. The van der Waals surface area contributed by atoms with E-state index >= 15 is 0 Å². The maximum atomic E-state index is 13.4. The standard InChI is InChI=1S/C15H19FN4/c1-4-17-14-11(3)15(19-10-18-14)20(5-2)13-8-6-7-12(16)9-13/h6-10H,4-5H2,1-3H3,(H,17,18,19). The molecule has 1 heterocycles. The van der Waals surface area contributed by atoms with E-state index < -0.39 is 0 Å². The Bertz CT molecular complexity index is 586. The number of nitrogens with zero attached hydrogens (tertiary/aromatic N) is 3. The van der Waals surface area contributed by atoms with Crippen molar-refractivity contribution in [2.24, 2.45) is 0 Å². The highest BCUT2D eigenvalue weighted by Gasteiger charge is 2.14. The summed E-state index contributed by atoms with van der Waals surface area (Å²) < 4.78 is 13.4. The van der Waals surface area contributed by atoms with E-state index in [0.717, 1.165) is 29.4 Å². The topological polar surface area (TPSA) is 41.1 Å². The van der Waals surface area contributed by atoms with Gasteiger partial charge in [-0.15, -0.1) is 0 Å². The summed E-state index contributed by atoms with van der Waals surface area (Å²) in [5, 5.41) is 3.21. The molecule has 0 atom stereocenters. The minimum absolute atomic E-state index is 0.250.